The normalized spacial score (nSPS) is 18.2. The number of amides is 1. The molecule has 1 aliphatic heterocycles. The molecule has 1 heterocycles. The van der Waals surface area contributed by atoms with E-state index >= 15 is 0 Å². The average Bonchev–Trinajstić information content (AvgIpc) is 2.61. The summed E-state index contributed by atoms with van der Waals surface area (Å²) in [5.74, 6) is -0.0953. The minimum Gasteiger partial charge on any atom is -0.379 e. The van der Waals surface area contributed by atoms with E-state index in [4.69, 9.17) is 4.74 Å². The van der Waals surface area contributed by atoms with Crippen LogP contribution in [0.5, 0.6) is 0 Å². The Morgan fingerprint density at radius 1 is 1.42 bits per heavy atom. The van der Waals surface area contributed by atoms with Gasteiger partial charge < -0.3 is 10.1 Å². The van der Waals surface area contributed by atoms with Crippen molar-refractivity contribution in [1.82, 2.24) is 4.72 Å². The summed E-state index contributed by atoms with van der Waals surface area (Å²) >= 11 is 1.57. The first-order valence-corrected chi connectivity index (χ1v) is 10.4. The fourth-order valence-corrected chi connectivity index (χ4v) is 4.43. The first-order valence-electron chi connectivity index (χ1n) is 8.00. The van der Waals surface area contributed by atoms with Crippen molar-refractivity contribution in [2.45, 2.75) is 54.8 Å². The number of benzene rings is 1. The highest BCUT2D eigenvalue weighted by Gasteiger charge is 2.22. The van der Waals surface area contributed by atoms with E-state index in [1.807, 2.05) is 20.8 Å². The monoisotopic (exact) mass is 372 g/mol. The smallest absolute Gasteiger partial charge is 0.240 e. The Labute approximate surface area is 147 Å². The zero-order chi connectivity index (χ0) is 17.7. The van der Waals surface area contributed by atoms with Gasteiger partial charge >= 0.3 is 0 Å². The number of carbonyl (C=O) groups is 1. The highest BCUT2D eigenvalue weighted by molar-refractivity contribution is 8.00. The van der Waals surface area contributed by atoms with Gasteiger partial charge in [-0.05, 0) is 38.5 Å². The van der Waals surface area contributed by atoms with Crippen LogP contribution in [0, 0.1) is 0 Å². The Hall–Kier alpha value is -1.09. The zero-order valence-corrected chi connectivity index (χ0v) is 15.8. The summed E-state index contributed by atoms with van der Waals surface area (Å²) in [5.41, 5.74) is 0.556. The van der Waals surface area contributed by atoms with Gasteiger partial charge in [0.2, 0.25) is 15.9 Å². The molecular weight excluding hydrogens is 348 g/mol. The van der Waals surface area contributed by atoms with E-state index in [0.29, 0.717) is 31.7 Å². The van der Waals surface area contributed by atoms with Crippen LogP contribution in [0.2, 0.25) is 0 Å². The molecule has 0 bridgehead atoms. The molecule has 0 fully saturated rings. The molecule has 1 atom stereocenters. The van der Waals surface area contributed by atoms with E-state index in [1.54, 1.807) is 23.9 Å². The van der Waals surface area contributed by atoms with Crippen LogP contribution in [0.1, 0.15) is 33.6 Å². The Bertz CT molecular complexity index is 689. The quantitative estimate of drug-likeness (QED) is 0.719. The summed E-state index contributed by atoms with van der Waals surface area (Å²) < 4.78 is 32.7. The van der Waals surface area contributed by atoms with Crippen molar-refractivity contribution < 1.29 is 17.9 Å². The maximum Gasteiger partial charge on any atom is 0.240 e. The lowest BCUT2D eigenvalue weighted by Gasteiger charge is -2.12. The number of carbonyl (C=O) groups excluding carboxylic acids is 1. The molecule has 6 nitrogen and oxygen atoms in total. The first-order chi connectivity index (χ1) is 11.3. The second kappa shape index (κ2) is 8.33. The highest BCUT2D eigenvalue weighted by Crippen LogP contribution is 2.36. The molecule has 8 heteroatoms. The molecule has 0 spiro atoms. The molecule has 0 saturated carbocycles. The van der Waals surface area contributed by atoms with Gasteiger partial charge in [0.05, 0.1) is 16.7 Å². The summed E-state index contributed by atoms with van der Waals surface area (Å²) in [7, 11) is -3.60. The second-order valence-electron chi connectivity index (χ2n) is 6.01. The Morgan fingerprint density at radius 2 is 2.17 bits per heavy atom. The van der Waals surface area contributed by atoms with Crippen LogP contribution in [0.4, 0.5) is 5.69 Å². The second-order valence-corrected chi connectivity index (χ2v) is 9.26. The van der Waals surface area contributed by atoms with E-state index in [0.717, 1.165) is 4.90 Å². The van der Waals surface area contributed by atoms with Crippen molar-refractivity contribution in [3.63, 3.8) is 0 Å². The SMILES string of the molecule is CC(C)OCCCNS(=O)(=O)c1ccc2c(c1)NC(=O)CC(C)S2. The third-order valence-electron chi connectivity index (χ3n) is 3.40. The summed E-state index contributed by atoms with van der Waals surface area (Å²) in [4.78, 5) is 12.9. The van der Waals surface area contributed by atoms with Crippen LogP contribution in [-0.2, 0) is 19.6 Å². The van der Waals surface area contributed by atoms with E-state index < -0.39 is 10.0 Å². The molecule has 0 radical (unpaired) electrons. The topological polar surface area (TPSA) is 84.5 Å². The number of rotatable bonds is 7. The molecule has 134 valence electrons. The van der Waals surface area contributed by atoms with Gasteiger partial charge in [0.15, 0.2) is 0 Å². The number of fused-ring (bicyclic) bond motifs is 1. The van der Waals surface area contributed by atoms with Gasteiger partial charge in [0, 0.05) is 29.7 Å². The lowest BCUT2D eigenvalue weighted by atomic mass is 10.3. The Kier molecular flexibility index (Phi) is 6.68. The Morgan fingerprint density at radius 3 is 2.88 bits per heavy atom. The summed E-state index contributed by atoms with van der Waals surface area (Å²) in [5, 5.41) is 2.94. The maximum atomic E-state index is 12.4. The van der Waals surface area contributed by atoms with Crippen LogP contribution in [0.25, 0.3) is 0 Å². The van der Waals surface area contributed by atoms with Gasteiger partial charge in [-0.2, -0.15) is 0 Å². The number of anilines is 1. The molecule has 1 unspecified atom stereocenters. The molecule has 1 aromatic rings. The molecule has 0 aliphatic carbocycles. The molecule has 0 aromatic heterocycles. The highest BCUT2D eigenvalue weighted by atomic mass is 32.2. The first kappa shape index (κ1) is 19.2. The van der Waals surface area contributed by atoms with Crippen molar-refractivity contribution in [1.29, 1.82) is 0 Å². The van der Waals surface area contributed by atoms with Crippen molar-refractivity contribution in [3.8, 4) is 0 Å². The maximum absolute atomic E-state index is 12.4. The van der Waals surface area contributed by atoms with Crippen LogP contribution < -0.4 is 10.0 Å². The number of sulfonamides is 1. The van der Waals surface area contributed by atoms with Gasteiger partial charge in [0.25, 0.3) is 0 Å². The van der Waals surface area contributed by atoms with Crippen molar-refractivity contribution in [2.75, 3.05) is 18.5 Å². The Balaban J connectivity index is 2.04. The summed E-state index contributed by atoms with van der Waals surface area (Å²) in [6.45, 7) is 6.67. The van der Waals surface area contributed by atoms with E-state index in [9.17, 15) is 13.2 Å². The molecular formula is C16H24N2O4S2. The van der Waals surface area contributed by atoms with Crippen LogP contribution in [0.3, 0.4) is 0 Å². The van der Waals surface area contributed by atoms with Gasteiger partial charge in [-0.15, -0.1) is 11.8 Å². The summed E-state index contributed by atoms with van der Waals surface area (Å²) in [6.07, 6.45) is 1.15. The van der Waals surface area contributed by atoms with Gasteiger partial charge in [-0.3, -0.25) is 4.79 Å². The molecule has 1 aliphatic rings. The fraction of sp³-hybridized carbons (Fsp3) is 0.562. The minimum atomic E-state index is -3.60. The third-order valence-corrected chi connectivity index (χ3v) is 6.04. The standard InChI is InChI=1S/C16H24N2O4S2/c1-11(2)22-8-4-7-17-24(20,21)13-5-6-15-14(10-13)18-16(19)9-12(3)23-15/h5-6,10-12,17H,4,7-9H2,1-3H3,(H,18,19). The van der Waals surface area contributed by atoms with E-state index in [-0.39, 0.29) is 22.2 Å². The zero-order valence-electron chi connectivity index (χ0n) is 14.2. The predicted octanol–water partition coefficient (Wildman–Crippen LogP) is 2.60. The largest absolute Gasteiger partial charge is 0.379 e. The van der Waals surface area contributed by atoms with Crippen LogP contribution >= 0.6 is 11.8 Å². The van der Waals surface area contributed by atoms with Crippen molar-refractivity contribution >= 4 is 33.4 Å². The molecule has 0 saturated heterocycles. The number of hydrogen-bond acceptors (Lipinski definition) is 5. The van der Waals surface area contributed by atoms with Gasteiger partial charge in [-0.1, -0.05) is 6.92 Å². The van der Waals surface area contributed by atoms with E-state index in [2.05, 4.69) is 10.0 Å². The number of ether oxygens (including phenoxy) is 1. The molecule has 2 rings (SSSR count). The number of hydrogen-bond donors (Lipinski definition) is 2. The van der Waals surface area contributed by atoms with Crippen molar-refractivity contribution in [2.24, 2.45) is 0 Å². The molecule has 1 aromatic carbocycles. The molecule has 2 N–H and O–H groups in total. The van der Waals surface area contributed by atoms with E-state index in [1.165, 1.54) is 6.07 Å². The van der Waals surface area contributed by atoms with Crippen LogP contribution in [-0.4, -0.2) is 38.8 Å². The van der Waals surface area contributed by atoms with Crippen LogP contribution in [0.15, 0.2) is 28.0 Å². The fourth-order valence-electron chi connectivity index (χ4n) is 2.28. The molecule has 24 heavy (non-hydrogen) atoms. The lowest BCUT2D eigenvalue weighted by molar-refractivity contribution is -0.116. The number of nitrogens with one attached hydrogen (secondary N) is 2. The number of thioether (sulfide) groups is 1. The summed E-state index contributed by atoms with van der Waals surface area (Å²) in [6, 6.07) is 4.84. The molecule has 1 amide bonds. The van der Waals surface area contributed by atoms with Gasteiger partial charge in [-0.25, -0.2) is 13.1 Å². The minimum absolute atomic E-state index is 0.0953. The third kappa shape index (κ3) is 5.47. The predicted molar refractivity (Wildman–Crippen MR) is 95.9 cm³/mol. The average molecular weight is 373 g/mol. The lowest BCUT2D eigenvalue weighted by Crippen LogP contribution is -2.26. The van der Waals surface area contributed by atoms with Gasteiger partial charge in [0.1, 0.15) is 0 Å². The van der Waals surface area contributed by atoms with Crippen molar-refractivity contribution in [3.05, 3.63) is 18.2 Å².